The minimum Gasteiger partial charge on any atom is -0.456 e. The lowest BCUT2D eigenvalue weighted by molar-refractivity contribution is 0.669. The molecule has 0 aliphatic carbocycles. The van der Waals surface area contributed by atoms with Crippen molar-refractivity contribution >= 4 is 71.6 Å². The van der Waals surface area contributed by atoms with Crippen LogP contribution in [0, 0.1) is 0 Å². The molecule has 0 fully saturated rings. The van der Waals surface area contributed by atoms with Gasteiger partial charge in [-0.25, -0.2) is 0 Å². The van der Waals surface area contributed by atoms with Crippen LogP contribution in [0.15, 0.2) is 211 Å². The fourth-order valence-corrected chi connectivity index (χ4v) is 8.54. The zero-order chi connectivity index (χ0) is 36.3. The first-order valence-corrected chi connectivity index (χ1v) is 18.8. The molecule has 3 heteroatoms. The summed E-state index contributed by atoms with van der Waals surface area (Å²) in [5.41, 5.74) is 13.1. The van der Waals surface area contributed by atoms with Gasteiger partial charge in [0, 0.05) is 44.0 Å². The summed E-state index contributed by atoms with van der Waals surface area (Å²) in [5, 5.41) is 7.08. The second-order valence-electron chi connectivity index (χ2n) is 14.1. The van der Waals surface area contributed by atoms with Gasteiger partial charge < -0.3 is 13.9 Å². The standard InChI is InChI=1S/C52H34N2O/c1-2-16-35(17-3-1)40-20-6-11-25-47(40)53(37-30-31-52-46(33-37)44-24-10-15-29-51(44)55-52)50-28-14-9-23-43(50)45-34-38(32-36-18-4-5-19-39(36)45)54-48-26-12-7-21-41(48)42-22-8-13-27-49(42)54/h1-34H. The lowest BCUT2D eigenvalue weighted by Gasteiger charge is -2.30. The molecule has 55 heavy (non-hydrogen) atoms. The fourth-order valence-electron chi connectivity index (χ4n) is 8.54. The predicted octanol–water partition coefficient (Wildman–Crippen LogP) is 14.6. The highest BCUT2D eigenvalue weighted by atomic mass is 16.3. The Labute approximate surface area is 318 Å². The van der Waals surface area contributed by atoms with Gasteiger partial charge in [-0.1, -0.05) is 146 Å². The van der Waals surface area contributed by atoms with Crippen molar-refractivity contribution in [1.29, 1.82) is 0 Å². The number of anilines is 3. The Morgan fingerprint density at radius 3 is 1.69 bits per heavy atom. The van der Waals surface area contributed by atoms with E-state index in [1.807, 2.05) is 12.1 Å². The normalized spacial score (nSPS) is 11.6. The summed E-state index contributed by atoms with van der Waals surface area (Å²) in [6, 6.07) is 74.1. The van der Waals surface area contributed by atoms with Crippen molar-refractivity contribution < 1.29 is 4.42 Å². The predicted molar refractivity (Wildman–Crippen MR) is 231 cm³/mol. The van der Waals surface area contributed by atoms with Crippen molar-refractivity contribution in [1.82, 2.24) is 4.57 Å². The van der Waals surface area contributed by atoms with E-state index in [1.165, 1.54) is 38.1 Å². The summed E-state index contributed by atoms with van der Waals surface area (Å²) in [6.07, 6.45) is 0. The molecule has 0 spiro atoms. The first-order chi connectivity index (χ1) is 27.3. The van der Waals surface area contributed by atoms with Crippen LogP contribution in [0.5, 0.6) is 0 Å². The number of hydrogen-bond donors (Lipinski definition) is 0. The van der Waals surface area contributed by atoms with Crippen LogP contribution in [0.2, 0.25) is 0 Å². The van der Waals surface area contributed by atoms with Crippen LogP contribution < -0.4 is 4.90 Å². The van der Waals surface area contributed by atoms with Gasteiger partial charge in [-0.3, -0.25) is 0 Å². The van der Waals surface area contributed by atoms with Crippen molar-refractivity contribution in [2.45, 2.75) is 0 Å². The Balaban J connectivity index is 1.20. The van der Waals surface area contributed by atoms with Crippen LogP contribution in [0.4, 0.5) is 17.1 Å². The molecule has 0 aliphatic heterocycles. The maximum absolute atomic E-state index is 6.32. The summed E-state index contributed by atoms with van der Waals surface area (Å²) >= 11 is 0. The van der Waals surface area contributed by atoms with Gasteiger partial charge in [0.25, 0.3) is 0 Å². The molecular formula is C52H34N2O. The molecule has 2 aromatic heterocycles. The van der Waals surface area contributed by atoms with Gasteiger partial charge in [0.05, 0.1) is 22.4 Å². The molecule has 0 bridgehead atoms. The van der Waals surface area contributed by atoms with Crippen molar-refractivity contribution in [3.63, 3.8) is 0 Å². The van der Waals surface area contributed by atoms with Crippen molar-refractivity contribution in [3.8, 4) is 27.9 Å². The average Bonchev–Trinajstić information content (AvgIpc) is 3.80. The Hall–Kier alpha value is -7.36. The van der Waals surface area contributed by atoms with Gasteiger partial charge in [-0.05, 0) is 82.6 Å². The molecule has 11 rings (SSSR count). The first-order valence-electron chi connectivity index (χ1n) is 18.8. The molecule has 0 saturated carbocycles. The lowest BCUT2D eigenvalue weighted by Crippen LogP contribution is -2.12. The highest BCUT2D eigenvalue weighted by molar-refractivity contribution is 6.11. The fraction of sp³-hybridized carbons (Fsp3) is 0. The molecule has 0 aliphatic rings. The molecule has 0 amide bonds. The van der Waals surface area contributed by atoms with Crippen molar-refractivity contribution in [3.05, 3.63) is 206 Å². The van der Waals surface area contributed by atoms with Crippen LogP contribution in [-0.4, -0.2) is 4.57 Å². The Morgan fingerprint density at radius 1 is 0.364 bits per heavy atom. The maximum atomic E-state index is 6.32. The van der Waals surface area contributed by atoms with Crippen molar-refractivity contribution in [2.75, 3.05) is 4.90 Å². The SMILES string of the molecule is c1ccc(-c2ccccc2N(c2ccc3oc4ccccc4c3c2)c2ccccc2-c2cc(-n3c4ccccc4c4ccccc43)cc3ccccc23)cc1. The number of hydrogen-bond acceptors (Lipinski definition) is 2. The highest BCUT2D eigenvalue weighted by Crippen LogP contribution is 2.47. The molecule has 9 aromatic carbocycles. The highest BCUT2D eigenvalue weighted by Gasteiger charge is 2.23. The second kappa shape index (κ2) is 12.6. The first kappa shape index (κ1) is 31.2. The minimum absolute atomic E-state index is 0.874. The van der Waals surface area contributed by atoms with E-state index >= 15 is 0 Å². The third-order valence-electron chi connectivity index (χ3n) is 11.0. The third-order valence-corrected chi connectivity index (χ3v) is 11.0. The van der Waals surface area contributed by atoms with E-state index in [0.717, 1.165) is 61.4 Å². The Morgan fingerprint density at radius 2 is 0.927 bits per heavy atom. The number of benzene rings is 9. The topological polar surface area (TPSA) is 21.3 Å². The average molecular weight is 703 g/mol. The number of aromatic nitrogens is 1. The minimum atomic E-state index is 0.874. The van der Waals surface area contributed by atoms with E-state index in [4.69, 9.17) is 4.42 Å². The molecular weight excluding hydrogens is 669 g/mol. The largest absolute Gasteiger partial charge is 0.456 e. The van der Waals surface area contributed by atoms with Gasteiger partial charge in [0.15, 0.2) is 0 Å². The number of furan rings is 1. The summed E-state index contributed by atoms with van der Waals surface area (Å²) in [6.45, 7) is 0. The van der Waals surface area contributed by atoms with Gasteiger partial charge in [0.1, 0.15) is 11.2 Å². The Bertz CT molecular complexity index is 3170. The summed E-state index contributed by atoms with van der Waals surface area (Å²) < 4.78 is 8.74. The molecule has 0 saturated heterocycles. The Kier molecular flexibility index (Phi) is 7.17. The van der Waals surface area contributed by atoms with E-state index in [2.05, 4.69) is 204 Å². The zero-order valence-electron chi connectivity index (χ0n) is 29.9. The molecule has 11 aromatic rings. The van der Waals surface area contributed by atoms with Crippen LogP contribution in [0.25, 0.3) is 82.5 Å². The number of para-hydroxylation sites is 5. The molecule has 0 N–H and O–H groups in total. The molecule has 0 atom stereocenters. The maximum Gasteiger partial charge on any atom is 0.135 e. The molecule has 3 nitrogen and oxygen atoms in total. The van der Waals surface area contributed by atoms with Gasteiger partial charge in [-0.15, -0.1) is 0 Å². The summed E-state index contributed by atoms with van der Waals surface area (Å²) in [5.74, 6) is 0. The van der Waals surface area contributed by atoms with E-state index in [9.17, 15) is 0 Å². The zero-order valence-corrected chi connectivity index (χ0v) is 29.9. The molecule has 0 unspecified atom stereocenters. The summed E-state index contributed by atoms with van der Waals surface area (Å²) in [4.78, 5) is 2.43. The quantitative estimate of drug-likeness (QED) is 0.172. The van der Waals surface area contributed by atoms with E-state index in [1.54, 1.807) is 0 Å². The lowest BCUT2D eigenvalue weighted by atomic mass is 9.94. The van der Waals surface area contributed by atoms with E-state index in [0.29, 0.717) is 0 Å². The number of rotatable bonds is 6. The third kappa shape index (κ3) is 5.05. The smallest absolute Gasteiger partial charge is 0.135 e. The molecule has 258 valence electrons. The van der Waals surface area contributed by atoms with Crippen LogP contribution in [0.1, 0.15) is 0 Å². The van der Waals surface area contributed by atoms with Gasteiger partial charge in [0.2, 0.25) is 0 Å². The van der Waals surface area contributed by atoms with Crippen LogP contribution in [0.3, 0.4) is 0 Å². The van der Waals surface area contributed by atoms with Crippen molar-refractivity contribution in [2.24, 2.45) is 0 Å². The van der Waals surface area contributed by atoms with E-state index < -0.39 is 0 Å². The monoisotopic (exact) mass is 702 g/mol. The number of fused-ring (bicyclic) bond motifs is 7. The van der Waals surface area contributed by atoms with Gasteiger partial charge in [-0.2, -0.15) is 0 Å². The van der Waals surface area contributed by atoms with E-state index in [-0.39, 0.29) is 0 Å². The number of nitrogens with zero attached hydrogens (tertiary/aromatic N) is 2. The summed E-state index contributed by atoms with van der Waals surface area (Å²) in [7, 11) is 0. The van der Waals surface area contributed by atoms with Crippen LogP contribution in [-0.2, 0) is 0 Å². The van der Waals surface area contributed by atoms with Gasteiger partial charge >= 0.3 is 0 Å². The second-order valence-corrected chi connectivity index (χ2v) is 14.1. The molecule has 0 radical (unpaired) electrons. The van der Waals surface area contributed by atoms with Crippen LogP contribution >= 0.6 is 0 Å². The molecule has 2 heterocycles.